The number of halogens is 2. The van der Waals surface area contributed by atoms with Gasteiger partial charge in [0.15, 0.2) is 4.77 Å². The van der Waals surface area contributed by atoms with E-state index < -0.39 is 0 Å². The molecule has 8 heteroatoms. The zero-order valence-electron chi connectivity index (χ0n) is 18.0. The molecule has 0 spiro atoms. The normalized spacial score (nSPS) is 14.7. The van der Waals surface area contributed by atoms with Crippen LogP contribution in [-0.2, 0) is 6.42 Å². The molecule has 3 heterocycles. The smallest absolute Gasteiger partial charge is 0.218 e. The van der Waals surface area contributed by atoms with Gasteiger partial charge < -0.3 is 19.4 Å². The molecule has 3 aromatic carbocycles. The van der Waals surface area contributed by atoms with E-state index in [4.69, 9.17) is 28.6 Å². The topological polar surface area (TPSA) is 55.1 Å². The van der Waals surface area contributed by atoms with Crippen molar-refractivity contribution >= 4 is 50.7 Å². The Hall–Kier alpha value is -3.00. The first-order valence-corrected chi connectivity index (χ1v) is 12.3. The number of rotatable bonds is 3. The third-order valence-electron chi connectivity index (χ3n) is 6.45. The van der Waals surface area contributed by atoms with Gasteiger partial charge in [-0.15, -0.1) is 0 Å². The summed E-state index contributed by atoms with van der Waals surface area (Å²) in [6, 6.07) is 21.3. The molecule has 0 amide bonds. The molecular weight excluding hydrogens is 534 g/mol. The lowest BCUT2D eigenvalue weighted by atomic mass is 9.93. The van der Waals surface area contributed by atoms with Gasteiger partial charge in [0, 0.05) is 32.5 Å². The molecule has 34 heavy (non-hydrogen) atoms. The Morgan fingerprint density at radius 1 is 1.09 bits per heavy atom. The Bertz CT molecular complexity index is 1620. The summed E-state index contributed by atoms with van der Waals surface area (Å²) in [6.07, 6.45) is 0.550. The van der Waals surface area contributed by atoms with Crippen LogP contribution in [0.1, 0.15) is 28.6 Å². The van der Waals surface area contributed by atoms with Gasteiger partial charge in [-0.1, -0.05) is 39.7 Å². The van der Waals surface area contributed by atoms with Crippen LogP contribution in [0.4, 0.5) is 0 Å². The third kappa shape index (κ3) is 3.22. The minimum atomic E-state index is -0.234. The number of benzene rings is 3. The maximum absolute atomic E-state index is 11.4. The monoisotopic (exact) mass is 551 g/mol. The highest BCUT2D eigenvalue weighted by atomic mass is 79.9. The number of methoxy groups -OCH3 is 1. The first-order chi connectivity index (χ1) is 16.5. The fourth-order valence-electron chi connectivity index (χ4n) is 4.87. The first kappa shape index (κ1) is 21.5. The van der Waals surface area contributed by atoms with Gasteiger partial charge in [-0.25, -0.2) is 0 Å². The number of imidazole rings is 1. The van der Waals surface area contributed by atoms with Crippen molar-refractivity contribution in [3.63, 3.8) is 0 Å². The third-order valence-corrected chi connectivity index (χ3v) is 7.58. The number of nitrogens with zero attached hydrogens (tertiary/aromatic N) is 2. The molecule has 1 unspecified atom stereocenters. The molecule has 2 aromatic heterocycles. The van der Waals surface area contributed by atoms with Crippen molar-refractivity contribution < 1.29 is 9.84 Å². The van der Waals surface area contributed by atoms with Crippen molar-refractivity contribution in [2.45, 2.75) is 12.5 Å². The van der Waals surface area contributed by atoms with Gasteiger partial charge in [-0.05, 0) is 77.9 Å². The highest BCUT2D eigenvalue weighted by Gasteiger charge is 2.34. The van der Waals surface area contributed by atoms with E-state index in [9.17, 15) is 5.11 Å². The number of ether oxygens (including phenoxy) is 1. The Balaban J connectivity index is 1.64. The lowest BCUT2D eigenvalue weighted by molar-refractivity contribution is 0.414. The number of aromatic nitrogens is 3. The van der Waals surface area contributed by atoms with Gasteiger partial charge in [0.25, 0.3) is 0 Å². The van der Waals surface area contributed by atoms with Crippen LogP contribution in [0.15, 0.2) is 71.2 Å². The molecule has 170 valence electrons. The van der Waals surface area contributed by atoms with Crippen molar-refractivity contribution in [1.29, 1.82) is 0 Å². The van der Waals surface area contributed by atoms with E-state index in [0.717, 1.165) is 49.3 Å². The van der Waals surface area contributed by atoms with E-state index in [1.165, 1.54) is 0 Å². The molecule has 1 aliphatic heterocycles. The lowest BCUT2D eigenvalue weighted by Gasteiger charge is -2.26. The van der Waals surface area contributed by atoms with Gasteiger partial charge >= 0.3 is 0 Å². The highest BCUT2D eigenvalue weighted by Crippen LogP contribution is 2.44. The molecule has 6 rings (SSSR count). The standard InChI is InChI=1S/C26H19BrClN3O2S/c1-33-18-9-2-14(3-10-18)24-23-20(19-12-15(27)4-11-21(19)29-23)13-22-25(32)30(26(34)31(22)24)17-7-5-16(28)6-8-17/h2-12,24,29,32H,13H2,1H3. The van der Waals surface area contributed by atoms with Gasteiger partial charge in [0.1, 0.15) is 11.8 Å². The summed E-state index contributed by atoms with van der Waals surface area (Å²) in [4.78, 5) is 3.64. The Kier molecular flexibility index (Phi) is 5.09. The van der Waals surface area contributed by atoms with E-state index in [-0.39, 0.29) is 11.9 Å². The van der Waals surface area contributed by atoms with Crippen LogP contribution in [-0.4, -0.2) is 26.3 Å². The summed E-state index contributed by atoms with van der Waals surface area (Å²) in [5.41, 5.74) is 5.84. The molecule has 0 saturated carbocycles. The molecule has 2 N–H and O–H groups in total. The summed E-state index contributed by atoms with van der Waals surface area (Å²) in [6.45, 7) is 0. The molecule has 0 radical (unpaired) electrons. The number of hydrogen-bond acceptors (Lipinski definition) is 3. The van der Waals surface area contributed by atoms with Crippen LogP contribution in [0.5, 0.6) is 11.6 Å². The summed E-state index contributed by atoms with van der Waals surface area (Å²) >= 11 is 15.7. The quantitative estimate of drug-likeness (QED) is 0.229. The van der Waals surface area contributed by atoms with Crippen molar-refractivity contribution in [2.24, 2.45) is 0 Å². The predicted molar refractivity (Wildman–Crippen MR) is 140 cm³/mol. The van der Waals surface area contributed by atoms with Crippen LogP contribution in [0.25, 0.3) is 16.6 Å². The second-order valence-electron chi connectivity index (χ2n) is 8.29. The number of aromatic hydroxyl groups is 1. The molecule has 1 aliphatic rings. The second-order valence-corrected chi connectivity index (χ2v) is 10.0. The predicted octanol–water partition coefficient (Wildman–Crippen LogP) is 7.16. The zero-order valence-corrected chi connectivity index (χ0v) is 21.2. The second kappa shape index (κ2) is 8.05. The van der Waals surface area contributed by atoms with Gasteiger partial charge in [0.2, 0.25) is 5.88 Å². The van der Waals surface area contributed by atoms with E-state index in [1.807, 2.05) is 47.0 Å². The number of nitrogens with one attached hydrogen (secondary N) is 1. The Labute approximate surface area is 214 Å². The Morgan fingerprint density at radius 2 is 1.82 bits per heavy atom. The minimum Gasteiger partial charge on any atom is -0.497 e. The molecule has 1 atom stereocenters. The van der Waals surface area contributed by atoms with E-state index in [1.54, 1.807) is 23.8 Å². The SMILES string of the molecule is COc1ccc(C2c3[nH]c4ccc(Br)cc4c3Cc3c(O)n(-c4ccc(Cl)cc4)c(=S)n32)cc1. The van der Waals surface area contributed by atoms with E-state index >= 15 is 0 Å². The maximum atomic E-state index is 11.4. The number of aromatic amines is 1. The Morgan fingerprint density at radius 3 is 2.53 bits per heavy atom. The van der Waals surface area contributed by atoms with E-state index in [0.29, 0.717) is 16.2 Å². The van der Waals surface area contributed by atoms with E-state index in [2.05, 4.69) is 33.0 Å². The summed E-state index contributed by atoms with van der Waals surface area (Å²) < 4.78 is 10.7. The van der Waals surface area contributed by atoms with Crippen molar-refractivity contribution in [3.05, 3.63) is 104 Å². The molecule has 5 nitrogen and oxygen atoms in total. The van der Waals surface area contributed by atoms with Gasteiger partial charge in [-0.2, -0.15) is 0 Å². The first-order valence-electron chi connectivity index (χ1n) is 10.7. The van der Waals surface area contributed by atoms with Gasteiger partial charge in [-0.3, -0.25) is 4.57 Å². The highest BCUT2D eigenvalue weighted by molar-refractivity contribution is 9.10. The fourth-order valence-corrected chi connectivity index (χ4v) is 5.76. The molecular formula is C26H19BrClN3O2S. The number of fused-ring (bicyclic) bond motifs is 4. The van der Waals surface area contributed by atoms with Crippen LogP contribution in [0, 0.1) is 4.77 Å². The van der Waals surface area contributed by atoms with Crippen molar-refractivity contribution in [3.8, 4) is 17.3 Å². The lowest BCUT2D eigenvalue weighted by Crippen LogP contribution is -2.21. The fraction of sp³-hybridized carbons (Fsp3) is 0.115. The van der Waals surface area contributed by atoms with Gasteiger partial charge in [0.05, 0.1) is 18.5 Å². The van der Waals surface area contributed by atoms with Crippen molar-refractivity contribution in [1.82, 2.24) is 14.1 Å². The average Bonchev–Trinajstić information content (AvgIpc) is 3.33. The maximum Gasteiger partial charge on any atom is 0.218 e. The molecule has 0 saturated heterocycles. The number of hydrogen-bond donors (Lipinski definition) is 2. The minimum absolute atomic E-state index is 0.140. The molecule has 0 aliphatic carbocycles. The molecule has 0 fully saturated rings. The summed E-state index contributed by atoms with van der Waals surface area (Å²) in [7, 11) is 1.65. The van der Waals surface area contributed by atoms with Crippen LogP contribution < -0.4 is 4.74 Å². The summed E-state index contributed by atoms with van der Waals surface area (Å²) in [5.74, 6) is 0.923. The largest absolute Gasteiger partial charge is 0.497 e. The van der Waals surface area contributed by atoms with Crippen LogP contribution in [0.2, 0.25) is 5.02 Å². The van der Waals surface area contributed by atoms with Crippen LogP contribution >= 0.6 is 39.7 Å². The molecule has 5 aromatic rings. The number of H-pyrrole nitrogens is 1. The van der Waals surface area contributed by atoms with Crippen LogP contribution in [0.3, 0.4) is 0 Å². The summed E-state index contributed by atoms with van der Waals surface area (Å²) in [5, 5.41) is 13.2. The zero-order chi connectivity index (χ0) is 23.6. The van der Waals surface area contributed by atoms with Crippen molar-refractivity contribution in [2.75, 3.05) is 7.11 Å². The molecule has 0 bridgehead atoms. The average molecular weight is 553 g/mol.